The van der Waals surface area contributed by atoms with Crippen LogP contribution in [0.25, 0.3) is 4.98 Å². The quantitative estimate of drug-likeness (QED) is 0.408. The summed E-state index contributed by atoms with van der Waals surface area (Å²) in [6.07, 6.45) is 0.875. The van der Waals surface area contributed by atoms with Gasteiger partial charge in [-0.05, 0) is 6.07 Å². The average molecular weight is 264 g/mol. The topological polar surface area (TPSA) is 46.6 Å². The van der Waals surface area contributed by atoms with Gasteiger partial charge in [-0.3, -0.25) is 0 Å². The van der Waals surface area contributed by atoms with Gasteiger partial charge in [0.2, 0.25) is 5.39 Å². The zero-order valence-corrected chi connectivity index (χ0v) is 9.15. The van der Waals surface area contributed by atoms with E-state index in [0.29, 0.717) is 30.4 Å². The lowest BCUT2D eigenvalue weighted by atomic mass is 10.3. The van der Waals surface area contributed by atoms with Crippen molar-refractivity contribution in [3.05, 3.63) is 23.2 Å². The Morgan fingerprint density at radius 3 is 2.17 bits per heavy atom. The molecule has 0 radical (unpaired) electrons. The second-order valence-corrected chi connectivity index (χ2v) is 3.28. The molecule has 4 nitrogen and oxygen atoms in total. The molecule has 0 spiro atoms. The molecular weight excluding hydrogens is 255 g/mol. The Labute approximate surface area is 100 Å². The Kier molecular flexibility index (Phi) is 4.77. The fourth-order valence-electron chi connectivity index (χ4n) is 1.21. The number of halogens is 4. The van der Waals surface area contributed by atoms with Crippen LogP contribution in [0, 0.1) is 5.39 Å². The molecule has 1 aliphatic heterocycles. The molecule has 0 unspecified atom stereocenters. The van der Waals surface area contributed by atoms with Crippen molar-refractivity contribution < 1.29 is 26.7 Å². The number of benzene rings is 1. The lowest BCUT2D eigenvalue weighted by Gasteiger charge is -2.03. The first-order chi connectivity index (χ1) is 8.40. The van der Waals surface area contributed by atoms with E-state index in [0.717, 1.165) is 6.42 Å². The van der Waals surface area contributed by atoms with Crippen molar-refractivity contribution in [1.29, 1.82) is 5.39 Å². The van der Waals surface area contributed by atoms with Gasteiger partial charge in [0.05, 0.1) is 19.3 Å². The van der Waals surface area contributed by atoms with Crippen LogP contribution in [0.3, 0.4) is 0 Å². The maximum Gasteiger partial charge on any atom is 0.673 e. The third-order valence-electron chi connectivity index (χ3n) is 1.85. The second-order valence-electron chi connectivity index (χ2n) is 3.28. The van der Waals surface area contributed by atoms with Crippen molar-refractivity contribution in [2.45, 2.75) is 6.42 Å². The van der Waals surface area contributed by atoms with Crippen LogP contribution in [-0.4, -0.2) is 20.5 Å². The number of hydrogen-bond donors (Lipinski definition) is 0. The Hall–Kier alpha value is -1.98. The Morgan fingerprint density at radius 2 is 1.61 bits per heavy atom. The summed E-state index contributed by atoms with van der Waals surface area (Å²) >= 11 is 0. The molecule has 0 saturated carbocycles. The van der Waals surface area contributed by atoms with E-state index < -0.39 is 7.25 Å². The van der Waals surface area contributed by atoms with Gasteiger partial charge in [-0.15, -0.1) is 0 Å². The zero-order valence-electron chi connectivity index (χ0n) is 9.15. The lowest BCUT2D eigenvalue weighted by molar-refractivity contribution is 0.297. The van der Waals surface area contributed by atoms with Crippen molar-refractivity contribution in [2.75, 3.05) is 13.2 Å². The van der Waals surface area contributed by atoms with Crippen molar-refractivity contribution in [3.63, 3.8) is 0 Å². The van der Waals surface area contributed by atoms with Crippen molar-refractivity contribution in [3.8, 4) is 11.5 Å². The first-order valence-electron chi connectivity index (χ1n) is 5.02. The summed E-state index contributed by atoms with van der Waals surface area (Å²) in [5, 5.41) is 8.54. The highest BCUT2D eigenvalue weighted by molar-refractivity contribution is 6.50. The molecule has 1 heterocycles. The van der Waals surface area contributed by atoms with Gasteiger partial charge < -0.3 is 26.7 Å². The van der Waals surface area contributed by atoms with E-state index in [1.807, 2.05) is 0 Å². The average Bonchev–Trinajstić information content (AvgIpc) is 2.50. The van der Waals surface area contributed by atoms with Crippen LogP contribution >= 0.6 is 0 Å². The van der Waals surface area contributed by atoms with E-state index in [9.17, 15) is 17.3 Å². The monoisotopic (exact) mass is 264 g/mol. The molecule has 0 aliphatic carbocycles. The molecule has 1 aromatic rings. The summed E-state index contributed by atoms with van der Waals surface area (Å²) in [5.41, 5.74) is 0.476. The number of fused-ring (bicyclic) bond motifs is 1. The van der Waals surface area contributed by atoms with Crippen molar-refractivity contribution in [2.24, 2.45) is 0 Å². The normalized spacial score (nSPS) is 13.7. The maximum atomic E-state index is 9.75. The second kappa shape index (κ2) is 6.09. The summed E-state index contributed by atoms with van der Waals surface area (Å²) in [6.45, 7) is 1.31. The van der Waals surface area contributed by atoms with Gasteiger partial charge in [0.25, 0.3) is 0 Å². The molecule has 2 rings (SSSR count). The molecule has 1 aromatic carbocycles. The van der Waals surface area contributed by atoms with Crippen LogP contribution in [0.1, 0.15) is 6.42 Å². The lowest BCUT2D eigenvalue weighted by Crippen LogP contribution is -2.02. The van der Waals surface area contributed by atoms with E-state index in [1.165, 1.54) is 0 Å². The summed E-state index contributed by atoms with van der Waals surface area (Å²) in [4.78, 5) is 3.07. The van der Waals surface area contributed by atoms with Gasteiger partial charge in [-0.1, -0.05) is 0 Å². The highest BCUT2D eigenvalue weighted by Crippen LogP contribution is 2.33. The van der Waals surface area contributed by atoms with Gasteiger partial charge in [0.1, 0.15) is 0 Å². The molecule has 0 bridgehead atoms. The van der Waals surface area contributed by atoms with Crippen LogP contribution in [0.2, 0.25) is 0 Å². The molecule has 0 atom stereocenters. The van der Waals surface area contributed by atoms with Gasteiger partial charge >= 0.3 is 12.9 Å². The summed E-state index contributed by atoms with van der Waals surface area (Å²) < 4.78 is 49.8. The van der Waals surface area contributed by atoms with E-state index in [-0.39, 0.29) is 0 Å². The molecule has 9 heteroatoms. The molecule has 0 saturated heterocycles. The van der Waals surface area contributed by atoms with Gasteiger partial charge in [-0.25, -0.2) is 0 Å². The molecule has 0 amide bonds. The fraction of sp³-hybridized carbons (Fsp3) is 0.333. The third-order valence-corrected chi connectivity index (χ3v) is 1.85. The maximum absolute atomic E-state index is 9.75. The fourth-order valence-corrected chi connectivity index (χ4v) is 1.21. The van der Waals surface area contributed by atoms with Crippen LogP contribution in [0.15, 0.2) is 18.2 Å². The van der Waals surface area contributed by atoms with E-state index >= 15 is 0 Å². The van der Waals surface area contributed by atoms with Crippen LogP contribution in [0.5, 0.6) is 11.5 Å². The van der Waals surface area contributed by atoms with Gasteiger partial charge in [-0.2, -0.15) is 0 Å². The minimum atomic E-state index is -6.00. The predicted octanol–water partition coefficient (Wildman–Crippen LogP) is 3.63. The molecule has 0 N–H and O–H groups in total. The van der Waals surface area contributed by atoms with Crippen LogP contribution in [0.4, 0.5) is 23.0 Å². The number of rotatable bonds is 0. The Morgan fingerprint density at radius 1 is 1.06 bits per heavy atom. The smallest absolute Gasteiger partial charge is 0.490 e. The largest absolute Gasteiger partial charge is 0.673 e. The predicted molar refractivity (Wildman–Crippen MR) is 57.0 cm³/mol. The third kappa shape index (κ3) is 5.38. The minimum Gasteiger partial charge on any atom is -0.490 e. The van der Waals surface area contributed by atoms with E-state index in [4.69, 9.17) is 14.9 Å². The molecular formula is C9H9BF4N2O2. The Bertz CT molecular complexity index is 441. The van der Waals surface area contributed by atoms with Crippen LogP contribution in [-0.2, 0) is 0 Å². The molecule has 98 valence electrons. The zero-order chi connectivity index (χ0) is 13.6. The van der Waals surface area contributed by atoms with E-state index in [2.05, 4.69) is 4.98 Å². The van der Waals surface area contributed by atoms with Crippen molar-refractivity contribution >= 4 is 12.9 Å². The Balaban J connectivity index is 0.000000280. The van der Waals surface area contributed by atoms with Gasteiger partial charge in [0.15, 0.2) is 16.5 Å². The highest BCUT2D eigenvalue weighted by Gasteiger charge is 2.20. The summed E-state index contributed by atoms with van der Waals surface area (Å²) in [7, 11) is -6.00. The number of ether oxygens (including phenoxy) is 2. The van der Waals surface area contributed by atoms with Crippen molar-refractivity contribution in [1.82, 2.24) is 0 Å². The molecule has 0 aromatic heterocycles. The number of hydrogen-bond acceptors (Lipinski definition) is 3. The first-order valence-corrected chi connectivity index (χ1v) is 5.02. The molecule has 1 aliphatic rings. The standard InChI is InChI=1S/C9H9N2O2.BF4/c10-11-7-2-3-8-9(6-7)13-5-1-4-12-8;2-1(3,4)5/h2-3,6H,1,4-5H2;/q+1;-1. The first kappa shape index (κ1) is 14.1. The van der Waals surface area contributed by atoms with E-state index in [1.54, 1.807) is 18.2 Å². The summed E-state index contributed by atoms with van der Waals surface area (Å²) in [5.74, 6) is 1.36. The minimum absolute atomic E-state index is 0.476. The highest BCUT2D eigenvalue weighted by atomic mass is 19.5. The number of diazo groups is 1. The number of nitrogens with zero attached hydrogens (tertiary/aromatic N) is 2. The SMILES string of the molecule is F[B-](F)(F)F.N#[N+]c1ccc2c(c1)OCCCO2. The van der Waals surface area contributed by atoms with Gasteiger partial charge in [0, 0.05) is 12.5 Å². The molecule has 0 fully saturated rings. The summed E-state index contributed by atoms with van der Waals surface area (Å²) in [6, 6.07) is 5.07. The van der Waals surface area contributed by atoms with Crippen LogP contribution < -0.4 is 9.47 Å². The molecule has 18 heavy (non-hydrogen) atoms.